The number of carbonyl (C=O) groups is 1. The Morgan fingerprint density at radius 1 is 0.889 bits per heavy atom. The van der Waals surface area contributed by atoms with Crippen molar-refractivity contribution in [3.05, 3.63) is 74.9 Å². The first-order valence-corrected chi connectivity index (χ1v) is 8.52. The monoisotopic (exact) mass is 433 g/mol. The quantitative estimate of drug-likeness (QED) is 0.474. The highest BCUT2D eigenvalue weighted by Gasteiger charge is 2.31. The summed E-state index contributed by atoms with van der Waals surface area (Å²) in [5.41, 5.74) is -0.274. The van der Waals surface area contributed by atoms with Crippen LogP contribution < -0.4 is 5.32 Å². The molecule has 0 fully saturated rings. The first-order chi connectivity index (χ1) is 12.6. The van der Waals surface area contributed by atoms with Crippen molar-refractivity contribution in [2.75, 3.05) is 5.32 Å². The Morgan fingerprint density at radius 2 is 1.63 bits per heavy atom. The predicted molar refractivity (Wildman–Crippen MR) is 98.6 cm³/mol. The van der Waals surface area contributed by atoms with Crippen LogP contribution in [0.25, 0.3) is 11.3 Å². The molecule has 1 amide bonds. The van der Waals surface area contributed by atoms with Crippen LogP contribution in [-0.4, -0.2) is 5.91 Å². The lowest BCUT2D eigenvalue weighted by Crippen LogP contribution is -2.12. The van der Waals surface area contributed by atoms with Crippen molar-refractivity contribution in [1.82, 2.24) is 0 Å². The fraction of sp³-hybridized carbons (Fsp3) is 0.0556. The summed E-state index contributed by atoms with van der Waals surface area (Å²) >= 11 is 17.6. The molecule has 3 rings (SSSR count). The molecular weight excluding hydrogens is 426 g/mol. The number of rotatable bonds is 3. The molecule has 2 aromatic carbocycles. The average Bonchev–Trinajstić information content (AvgIpc) is 3.08. The summed E-state index contributed by atoms with van der Waals surface area (Å²) in [6, 6.07) is 10.5. The summed E-state index contributed by atoms with van der Waals surface area (Å²) in [6.45, 7) is 0. The SMILES string of the molecule is O=C(Nc1ccc(C(F)(F)F)cc1Cl)c1ccc(-c2ccc(Cl)c(Cl)c2)o1. The second kappa shape index (κ2) is 7.46. The molecule has 0 aliphatic heterocycles. The molecule has 0 aliphatic carbocycles. The van der Waals surface area contributed by atoms with Gasteiger partial charge < -0.3 is 9.73 Å². The van der Waals surface area contributed by atoms with E-state index in [1.165, 1.54) is 6.07 Å². The fourth-order valence-corrected chi connectivity index (χ4v) is 2.77. The van der Waals surface area contributed by atoms with Gasteiger partial charge in [0.1, 0.15) is 5.76 Å². The molecule has 0 saturated heterocycles. The topological polar surface area (TPSA) is 42.2 Å². The normalized spacial score (nSPS) is 11.5. The minimum atomic E-state index is -4.53. The Hall–Kier alpha value is -2.15. The van der Waals surface area contributed by atoms with Gasteiger partial charge in [-0.3, -0.25) is 4.79 Å². The Bertz CT molecular complexity index is 1020. The summed E-state index contributed by atoms with van der Waals surface area (Å²) in [5, 5.41) is 2.87. The number of amides is 1. The van der Waals surface area contributed by atoms with Crippen LogP contribution >= 0.6 is 34.8 Å². The van der Waals surface area contributed by atoms with Crippen molar-refractivity contribution >= 4 is 46.4 Å². The number of nitrogens with one attached hydrogen (secondary N) is 1. The van der Waals surface area contributed by atoms with E-state index in [1.807, 2.05) is 0 Å². The third kappa shape index (κ3) is 4.40. The van der Waals surface area contributed by atoms with Crippen molar-refractivity contribution in [2.45, 2.75) is 6.18 Å². The fourth-order valence-electron chi connectivity index (χ4n) is 2.24. The molecule has 140 valence electrons. The first kappa shape index (κ1) is 19.6. The maximum Gasteiger partial charge on any atom is 0.416 e. The van der Waals surface area contributed by atoms with Crippen LogP contribution in [0, 0.1) is 0 Å². The molecule has 0 aliphatic rings. The summed E-state index contributed by atoms with van der Waals surface area (Å²) in [6.07, 6.45) is -4.53. The van der Waals surface area contributed by atoms with E-state index in [9.17, 15) is 18.0 Å². The Labute approximate surface area is 166 Å². The Morgan fingerprint density at radius 3 is 2.26 bits per heavy atom. The zero-order chi connectivity index (χ0) is 19.8. The second-order valence-corrected chi connectivity index (χ2v) is 6.66. The van der Waals surface area contributed by atoms with E-state index in [1.54, 1.807) is 24.3 Å². The molecule has 0 spiro atoms. The average molecular weight is 435 g/mol. The van der Waals surface area contributed by atoms with Crippen molar-refractivity contribution in [3.63, 3.8) is 0 Å². The summed E-state index contributed by atoms with van der Waals surface area (Å²) in [4.78, 5) is 12.3. The van der Waals surface area contributed by atoms with Crippen molar-refractivity contribution in [2.24, 2.45) is 0 Å². The third-order valence-electron chi connectivity index (χ3n) is 3.58. The van der Waals surface area contributed by atoms with Gasteiger partial charge in [-0.25, -0.2) is 0 Å². The van der Waals surface area contributed by atoms with Crippen LogP contribution in [0.3, 0.4) is 0 Å². The highest BCUT2D eigenvalue weighted by Crippen LogP contribution is 2.34. The lowest BCUT2D eigenvalue weighted by molar-refractivity contribution is -0.137. The maximum atomic E-state index is 12.7. The first-order valence-electron chi connectivity index (χ1n) is 7.38. The van der Waals surface area contributed by atoms with Gasteiger partial charge in [0.05, 0.1) is 26.3 Å². The standard InChI is InChI=1S/C18H9Cl3F3NO2/c19-11-3-1-9(7-12(11)20)15-5-6-16(27-15)17(26)25-14-4-2-10(8-13(14)21)18(22,23)24/h1-8H,(H,25,26). The van der Waals surface area contributed by atoms with Crippen LogP contribution in [0.1, 0.15) is 16.1 Å². The van der Waals surface area contributed by atoms with Gasteiger partial charge in [0.2, 0.25) is 0 Å². The number of benzene rings is 2. The van der Waals surface area contributed by atoms with E-state index < -0.39 is 17.6 Å². The molecule has 1 N–H and O–H groups in total. The highest BCUT2D eigenvalue weighted by atomic mass is 35.5. The van der Waals surface area contributed by atoms with E-state index >= 15 is 0 Å². The van der Waals surface area contributed by atoms with Gasteiger partial charge >= 0.3 is 6.18 Å². The van der Waals surface area contributed by atoms with E-state index in [0.29, 0.717) is 21.4 Å². The largest absolute Gasteiger partial charge is 0.451 e. The third-order valence-corrected chi connectivity index (χ3v) is 4.63. The molecule has 0 unspecified atom stereocenters. The molecule has 0 radical (unpaired) electrons. The molecule has 1 heterocycles. The lowest BCUT2D eigenvalue weighted by Gasteiger charge is -2.10. The van der Waals surface area contributed by atoms with Crippen LogP contribution in [0.2, 0.25) is 15.1 Å². The Balaban J connectivity index is 1.79. The molecule has 0 bridgehead atoms. The van der Waals surface area contributed by atoms with Gasteiger partial charge in [-0.1, -0.05) is 34.8 Å². The zero-order valence-corrected chi connectivity index (χ0v) is 15.5. The minimum Gasteiger partial charge on any atom is -0.451 e. The second-order valence-electron chi connectivity index (χ2n) is 5.44. The van der Waals surface area contributed by atoms with Crippen LogP contribution in [0.5, 0.6) is 0 Å². The number of hydrogen-bond donors (Lipinski definition) is 1. The molecule has 0 atom stereocenters. The summed E-state index contributed by atoms with van der Waals surface area (Å²) < 4.78 is 43.5. The van der Waals surface area contributed by atoms with Crippen LogP contribution in [-0.2, 0) is 6.18 Å². The van der Waals surface area contributed by atoms with Crippen molar-refractivity contribution < 1.29 is 22.4 Å². The molecular formula is C18H9Cl3F3NO2. The van der Waals surface area contributed by atoms with E-state index in [2.05, 4.69) is 5.32 Å². The minimum absolute atomic E-state index is 0.0298. The van der Waals surface area contributed by atoms with Crippen LogP contribution in [0.15, 0.2) is 52.9 Å². The van der Waals surface area contributed by atoms with E-state index in [4.69, 9.17) is 39.2 Å². The molecule has 3 aromatic rings. The van der Waals surface area contributed by atoms with Crippen molar-refractivity contribution in [1.29, 1.82) is 0 Å². The van der Waals surface area contributed by atoms with Crippen LogP contribution in [0.4, 0.5) is 18.9 Å². The lowest BCUT2D eigenvalue weighted by atomic mass is 10.2. The van der Waals surface area contributed by atoms with Gasteiger partial charge in [0.25, 0.3) is 5.91 Å². The van der Waals surface area contributed by atoms with Crippen molar-refractivity contribution in [3.8, 4) is 11.3 Å². The van der Waals surface area contributed by atoms with Gasteiger partial charge in [-0.15, -0.1) is 0 Å². The molecule has 27 heavy (non-hydrogen) atoms. The number of furan rings is 1. The highest BCUT2D eigenvalue weighted by molar-refractivity contribution is 6.42. The number of halogens is 6. The van der Waals surface area contributed by atoms with Gasteiger partial charge in [-0.05, 0) is 48.5 Å². The summed E-state index contributed by atoms with van der Waals surface area (Å²) in [7, 11) is 0. The van der Waals surface area contributed by atoms with Gasteiger partial charge in [0.15, 0.2) is 5.76 Å². The molecule has 0 saturated carbocycles. The number of hydrogen-bond acceptors (Lipinski definition) is 2. The number of anilines is 1. The van der Waals surface area contributed by atoms with E-state index in [0.717, 1.165) is 18.2 Å². The molecule has 1 aromatic heterocycles. The van der Waals surface area contributed by atoms with Gasteiger partial charge in [-0.2, -0.15) is 13.2 Å². The summed E-state index contributed by atoms with van der Waals surface area (Å²) in [5.74, 6) is -0.341. The molecule has 3 nitrogen and oxygen atoms in total. The van der Waals surface area contributed by atoms with E-state index in [-0.39, 0.29) is 16.5 Å². The smallest absolute Gasteiger partial charge is 0.416 e. The predicted octanol–water partition coefficient (Wildman–Crippen LogP) is 7.18. The maximum absolute atomic E-state index is 12.7. The molecule has 9 heteroatoms. The number of carbonyl (C=O) groups excluding carboxylic acids is 1. The zero-order valence-electron chi connectivity index (χ0n) is 13.2. The number of alkyl halides is 3. The Kier molecular flexibility index (Phi) is 5.42. The van der Waals surface area contributed by atoms with Gasteiger partial charge in [0, 0.05) is 5.56 Å².